The van der Waals surface area contributed by atoms with Gasteiger partial charge in [-0.15, -0.1) is 0 Å². The van der Waals surface area contributed by atoms with E-state index in [1.54, 1.807) is 10.9 Å². The predicted molar refractivity (Wildman–Crippen MR) is 79.1 cm³/mol. The summed E-state index contributed by atoms with van der Waals surface area (Å²) in [4.78, 5) is 26.6. The number of nitrogens with zero attached hydrogens (tertiary/aromatic N) is 3. The van der Waals surface area contributed by atoms with Crippen molar-refractivity contribution in [2.45, 2.75) is 0 Å². The van der Waals surface area contributed by atoms with Crippen molar-refractivity contribution in [3.8, 4) is 5.69 Å². The van der Waals surface area contributed by atoms with E-state index in [1.165, 1.54) is 25.3 Å². The number of non-ortho nitro benzene ring substituents is 1. The van der Waals surface area contributed by atoms with E-state index < -0.39 is 10.9 Å². The number of methoxy groups -OCH3 is 1. The van der Waals surface area contributed by atoms with Gasteiger partial charge < -0.3 is 4.74 Å². The zero-order chi connectivity index (χ0) is 15.7. The molecule has 0 atom stereocenters. The lowest BCUT2D eigenvalue weighted by molar-refractivity contribution is -0.384. The minimum Gasteiger partial charge on any atom is -0.465 e. The number of hydrogen-bond acceptors (Lipinski definition) is 5. The Morgan fingerprint density at radius 2 is 2.05 bits per heavy atom. The Bertz CT molecular complexity index is 885. The number of nitro benzene ring substituents is 1. The molecular formula is C15H11N3O4. The van der Waals surface area contributed by atoms with Crippen LogP contribution in [-0.2, 0) is 4.74 Å². The zero-order valence-corrected chi connectivity index (χ0v) is 11.6. The van der Waals surface area contributed by atoms with E-state index in [-0.39, 0.29) is 11.3 Å². The molecule has 0 unspecified atom stereocenters. The number of nitro groups is 1. The summed E-state index contributed by atoms with van der Waals surface area (Å²) in [5.41, 5.74) is 1.97. The molecule has 0 N–H and O–H groups in total. The first-order valence-corrected chi connectivity index (χ1v) is 6.41. The van der Waals surface area contributed by atoms with Crippen molar-refractivity contribution in [3.63, 3.8) is 0 Å². The van der Waals surface area contributed by atoms with Gasteiger partial charge in [-0.05, 0) is 18.2 Å². The lowest BCUT2D eigenvalue weighted by atomic mass is 10.1. The minimum absolute atomic E-state index is 0.111. The fourth-order valence-electron chi connectivity index (χ4n) is 2.27. The van der Waals surface area contributed by atoms with Gasteiger partial charge in [0, 0.05) is 12.1 Å². The van der Waals surface area contributed by atoms with Crippen LogP contribution < -0.4 is 0 Å². The quantitative estimate of drug-likeness (QED) is 0.421. The summed E-state index contributed by atoms with van der Waals surface area (Å²) >= 11 is 0. The van der Waals surface area contributed by atoms with Crippen molar-refractivity contribution in [3.05, 3.63) is 64.5 Å². The van der Waals surface area contributed by atoms with Gasteiger partial charge in [-0.1, -0.05) is 12.1 Å². The summed E-state index contributed by atoms with van der Waals surface area (Å²) in [5.74, 6) is -0.642. The number of fused-ring (bicyclic) bond motifs is 1. The van der Waals surface area contributed by atoms with Crippen LogP contribution in [0.25, 0.3) is 16.7 Å². The molecule has 2 aromatic carbocycles. The fourth-order valence-corrected chi connectivity index (χ4v) is 2.27. The molecule has 0 aliphatic rings. The average molecular weight is 297 g/mol. The molecule has 0 radical (unpaired) electrons. The summed E-state index contributed by atoms with van der Waals surface area (Å²) in [6, 6.07) is 11.5. The van der Waals surface area contributed by atoms with Crippen molar-refractivity contribution in [2.24, 2.45) is 0 Å². The number of carbonyl (C=O) groups is 1. The normalized spacial score (nSPS) is 10.6. The lowest BCUT2D eigenvalue weighted by Gasteiger charge is -2.09. The van der Waals surface area contributed by atoms with E-state index in [0.717, 1.165) is 11.0 Å². The fraction of sp³-hybridized carbons (Fsp3) is 0.0667. The highest BCUT2D eigenvalue weighted by atomic mass is 16.6. The van der Waals surface area contributed by atoms with Gasteiger partial charge in [0.05, 0.1) is 34.3 Å². The van der Waals surface area contributed by atoms with Gasteiger partial charge in [-0.2, -0.15) is 0 Å². The Morgan fingerprint density at radius 1 is 1.27 bits per heavy atom. The second kappa shape index (κ2) is 5.28. The second-order valence-electron chi connectivity index (χ2n) is 4.55. The summed E-state index contributed by atoms with van der Waals surface area (Å²) in [5, 5.41) is 10.9. The van der Waals surface area contributed by atoms with Crippen molar-refractivity contribution in [2.75, 3.05) is 7.11 Å². The summed E-state index contributed by atoms with van der Waals surface area (Å²) in [7, 11) is 1.23. The Hall–Kier alpha value is -3.22. The van der Waals surface area contributed by atoms with Crippen molar-refractivity contribution < 1.29 is 14.5 Å². The summed E-state index contributed by atoms with van der Waals surface area (Å²) < 4.78 is 6.43. The van der Waals surface area contributed by atoms with Gasteiger partial charge in [0.2, 0.25) is 0 Å². The summed E-state index contributed by atoms with van der Waals surface area (Å²) in [6.07, 6.45) is 1.57. The first-order chi connectivity index (χ1) is 10.6. The number of hydrogen-bond donors (Lipinski definition) is 0. The minimum atomic E-state index is -0.642. The number of ether oxygens (including phenoxy) is 1. The van der Waals surface area contributed by atoms with E-state index in [2.05, 4.69) is 4.98 Å². The molecule has 0 fully saturated rings. The maximum atomic E-state index is 12.0. The van der Waals surface area contributed by atoms with Gasteiger partial charge >= 0.3 is 5.97 Å². The number of para-hydroxylation sites is 2. The Kier molecular flexibility index (Phi) is 3.30. The molecule has 0 saturated carbocycles. The molecule has 7 heteroatoms. The topological polar surface area (TPSA) is 87.3 Å². The van der Waals surface area contributed by atoms with E-state index >= 15 is 0 Å². The van der Waals surface area contributed by atoms with Crippen molar-refractivity contribution >= 4 is 22.7 Å². The highest BCUT2D eigenvalue weighted by Gasteiger charge is 2.19. The maximum absolute atomic E-state index is 12.0. The number of imidazole rings is 1. The van der Waals surface area contributed by atoms with E-state index in [1.807, 2.05) is 24.3 Å². The molecule has 110 valence electrons. The predicted octanol–water partition coefficient (Wildman–Crippen LogP) is 2.72. The average Bonchev–Trinajstić information content (AvgIpc) is 2.97. The molecule has 0 saturated heterocycles. The van der Waals surface area contributed by atoms with Crippen LogP contribution in [0.1, 0.15) is 10.4 Å². The molecule has 3 rings (SSSR count). The largest absolute Gasteiger partial charge is 0.465 e. The van der Waals surface area contributed by atoms with Gasteiger partial charge in [0.1, 0.15) is 6.33 Å². The van der Waals surface area contributed by atoms with Gasteiger partial charge in [-0.25, -0.2) is 9.78 Å². The first-order valence-electron chi connectivity index (χ1n) is 6.41. The molecular weight excluding hydrogens is 286 g/mol. The number of esters is 1. The summed E-state index contributed by atoms with van der Waals surface area (Å²) in [6.45, 7) is 0. The van der Waals surface area contributed by atoms with Crippen LogP contribution in [0.4, 0.5) is 5.69 Å². The van der Waals surface area contributed by atoms with Gasteiger partial charge in [-0.3, -0.25) is 14.7 Å². The SMILES string of the molecule is COC(=O)c1cc([N+](=O)[O-])ccc1-n1cnc2ccccc21. The van der Waals surface area contributed by atoms with E-state index in [4.69, 9.17) is 4.74 Å². The van der Waals surface area contributed by atoms with Crippen LogP contribution in [-0.4, -0.2) is 27.6 Å². The molecule has 1 aromatic heterocycles. The van der Waals surface area contributed by atoms with Gasteiger partial charge in [0.15, 0.2) is 0 Å². The van der Waals surface area contributed by atoms with E-state index in [9.17, 15) is 14.9 Å². The lowest BCUT2D eigenvalue weighted by Crippen LogP contribution is -2.08. The monoisotopic (exact) mass is 297 g/mol. The maximum Gasteiger partial charge on any atom is 0.340 e. The first kappa shape index (κ1) is 13.7. The number of aromatic nitrogens is 2. The van der Waals surface area contributed by atoms with E-state index in [0.29, 0.717) is 5.69 Å². The molecule has 0 aliphatic heterocycles. The number of carbonyl (C=O) groups excluding carboxylic acids is 1. The third kappa shape index (κ3) is 2.18. The Labute approximate surface area is 124 Å². The van der Waals surface area contributed by atoms with Crippen LogP contribution in [0.3, 0.4) is 0 Å². The van der Waals surface area contributed by atoms with Crippen LogP contribution in [0.2, 0.25) is 0 Å². The van der Waals surface area contributed by atoms with Crippen LogP contribution >= 0.6 is 0 Å². The smallest absolute Gasteiger partial charge is 0.340 e. The Morgan fingerprint density at radius 3 is 2.77 bits per heavy atom. The molecule has 22 heavy (non-hydrogen) atoms. The third-order valence-electron chi connectivity index (χ3n) is 3.31. The van der Waals surface area contributed by atoms with Crippen molar-refractivity contribution in [1.29, 1.82) is 0 Å². The second-order valence-corrected chi connectivity index (χ2v) is 4.55. The zero-order valence-electron chi connectivity index (χ0n) is 11.6. The molecule has 0 spiro atoms. The Balaban J connectivity index is 2.25. The van der Waals surface area contributed by atoms with Crippen LogP contribution in [0.5, 0.6) is 0 Å². The highest BCUT2D eigenvalue weighted by Crippen LogP contribution is 2.25. The van der Waals surface area contributed by atoms with Crippen LogP contribution in [0.15, 0.2) is 48.8 Å². The van der Waals surface area contributed by atoms with Crippen molar-refractivity contribution in [1.82, 2.24) is 9.55 Å². The molecule has 1 heterocycles. The molecule has 0 bridgehead atoms. The highest BCUT2D eigenvalue weighted by molar-refractivity contribution is 5.95. The van der Waals surface area contributed by atoms with Gasteiger partial charge in [0.25, 0.3) is 5.69 Å². The van der Waals surface area contributed by atoms with Crippen LogP contribution in [0, 0.1) is 10.1 Å². The molecule has 7 nitrogen and oxygen atoms in total. The standard InChI is InChI=1S/C15H11N3O4/c1-22-15(19)11-8-10(18(20)21)6-7-13(11)17-9-16-12-4-2-3-5-14(12)17/h2-9H,1H3. The molecule has 0 amide bonds. The molecule has 3 aromatic rings. The number of benzene rings is 2. The third-order valence-corrected chi connectivity index (χ3v) is 3.31. The number of rotatable bonds is 3. The molecule has 0 aliphatic carbocycles.